The van der Waals surface area contributed by atoms with E-state index < -0.39 is 5.91 Å². The summed E-state index contributed by atoms with van der Waals surface area (Å²) in [5.41, 5.74) is 1.99. The van der Waals surface area contributed by atoms with Crippen molar-refractivity contribution >= 4 is 33.4 Å². The number of hydrogen-bond acceptors (Lipinski definition) is 5. The highest BCUT2D eigenvalue weighted by Crippen LogP contribution is 2.18. The summed E-state index contributed by atoms with van der Waals surface area (Å²) in [4.78, 5) is 37.2. The third kappa shape index (κ3) is 7.57. The first-order valence-corrected chi connectivity index (χ1v) is 11.1. The molecule has 7 heteroatoms. The molecule has 3 rings (SSSR count). The van der Waals surface area contributed by atoms with E-state index in [1.807, 2.05) is 36.4 Å². The molecule has 0 unspecified atom stereocenters. The smallest absolute Gasteiger partial charge is 0.255 e. The van der Waals surface area contributed by atoms with Crippen LogP contribution < -0.4 is 14.8 Å². The van der Waals surface area contributed by atoms with E-state index in [9.17, 15) is 14.4 Å². The van der Waals surface area contributed by atoms with Crippen LogP contribution in [0.15, 0.2) is 77.3 Å². The Bertz CT molecular complexity index is 1110. The summed E-state index contributed by atoms with van der Waals surface area (Å²) in [5, 5.41) is 2.63. The number of Topliss-reactive ketones (excluding diaryl/α,β-unsaturated/α-hetero) is 2. The Labute approximate surface area is 201 Å². The molecule has 3 aromatic carbocycles. The van der Waals surface area contributed by atoms with Gasteiger partial charge < -0.3 is 14.8 Å². The van der Waals surface area contributed by atoms with Crippen molar-refractivity contribution in [2.45, 2.75) is 12.8 Å². The fourth-order valence-electron chi connectivity index (χ4n) is 3.13. The first kappa shape index (κ1) is 24.2. The second-order valence-corrected chi connectivity index (χ2v) is 8.29. The molecule has 0 atom stereocenters. The van der Waals surface area contributed by atoms with Crippen LogP contribution in [0.1, 0.15) is 21.5 Å². The Hall–Kier alpha value is -3.45. The molecule has 0 fully saturated rings. The highest BCUT2D eigenvalue weighted by atomic mass is 79.9. The quantitative estimate of drug-likeness (QED) is 0.419. The van der Waals surface area contributed by atoms with Crippen LogP contribution in [0, 0.1) is 0 Å². The van der Waals surface area contributed by atoms with Crippen molar-refractivity contribution < 1.29 is 23.9 Å². The van der Waals surface area contributed by atoms with Gasteiger partial charge >= 0.3 is 0 Å². The molecule has 3 aromatic rings. The summed E-state index contributed by atoms with van der Waals surface area (Å²) in [6.45, 7) is -0.265. The van der Waals surface area contributed by atoms with Crippen LogP contribution in [0.5, 0.6) is 11.5 Å². The number of hydrogen-bond donors (Lipinski definition) is 1. The first-order chi connectivity index (χ1) is 15.9. The standard InChI is InChI=1S/C26H24BrNO5/c1-32-23-12-8-19(9-13-23)14-21(29)16-28-26(31)24-4-2-3-5-25(24)33-17-22(30)15-18-6-10-20(27)11-7-18/h2-13H,14-17H2,1H3,(H,28,31). The lowest BCUT2D eigenvalue weighted by atomic mass is 10.1. The maximum Gasteiger partial charge on any atom is 0.255 e. The van der Waals surface area contributed by atoms with Crippen LogP contribution in [-0.2, 0) is 22.4 Å². The van der Waals surface area contributed by atoms with Crippen molar-refractivity contribution in [3.63, 3.8) is 0 Å². The lowest BCUT2D eigenvalue weighted by molar-refractivity contribution is -0.120. The van der Waals surface area contributed by atoms with Crippen LogP contribution in [0.25, 0.3) is 0 Å². The summed E-state index contributed by atoms with van der Waals surface area (Å²) in [5.74, 6) is 0.334. The number of ether oxygens (including phenoxy) is 2. The van der Waals surface area contributed by atoms with Gasteiger partial charge in [-0.3, -0.25) is 14.4 Å². The Balaban J connectivity index is 1.51. The molecule has 0 heterocycles. The summed E-state index contributed by atoms with van der Waals surface area (Å²) in [6.07, 6.45) is 0.439. The number of halogens is 1. The Morgan fingerprint density at radius 2 is 1.42 bits per heavy atom. The zero-order valence-corrected chi connectivity index (χ0v) is 19.8. The molecule has 0 aliphatic carbocycles. The topological polar surface area (TPSA) is 81.7 Å². The number of carbonyl (C=O) groups is 3. The average molecular weight is 510 g/mol. The zero-order chi connectivity index (χ0) is 23.6. The van der Waals surface area contributed by atoms with E-state index >= 15 is 0 Å². The lowest BCUT2D eigenvalue weighted by Gasteiger charge is -2.11. The van der Waals surface area contributed by atoms with Gasteiger partial charge in [0.1, 0.15) is 18.1 Å². The van der Waals surface area contributed by atoms with Gasteiger partial charge in [-0.2, -0.15) is 0 Å². The minimum Gasteiger partial charge on any atom is -0.497 e. The minimum absolute atomic E-state index is 0.109. The molecular weight excluding hydrogens is 486 g/mol. The third-order valence-electron chi connectivity index (χ3n) is 4.84. The van der Waals surface area contributed by atoms with E-state index in [1.54, 1.807) is 43.5 Å². The van der Waals surface area contributed by atoms with Gasteiger partial charge in [0.2, 0.25) is 0 Å². The SMILES string of the molecule is COc1ccc(CC(=O)CNC(=O)c2ccccc2OCC(=O)Cc2ccc(Br)cc2)cc1. The van der Waals surface area contributed by atoms with E-state index in [-0.39, 0.29) is 43.1 Å². The van der Waals surface area contributed by atoms with E-state index in [4.69, 9.17) is 9.47 Å². The van der Waals surface area contributed by atoms with Crippen LogP contribution in [0.3, 0.4) is 0 Å². The monoisotopic (exact) mass is 509 g/mol. The number of carbonyl (C=O) groups excluding carboxylic acids is 3. The second kappa shape index (κ2) is 12.0. The van der Waals surface area contributed by atoms with Crippen molar-refractivity contribution in [1.82, 2.24) is 5.32 Å². The number of para-hydroxylation sites is 1. The molecule has 0 aromatic heterocycles. The molecule has 0 saturated carbocycles. The molecule has 33 heavy (non-hydrogen) atoms. The van der Waals surface area contributed by atoms with Crippen LogP contribution in [0.2, 0.25) is 0 Å². The highest BCUT2D eigenvalue weighted by molar-refractivity contribution is 9.10. The van der Waals surface area contributed by atoms with Crippen molar-refractivity contribution in [2.24, 2.45) is 0 Å². The molecule has 0 aliphatic heterocycles. The fraction of sp³-hybridized carbons (Fsp3) is 0.192. The highest BCUT2D eigenvalue weighted by Gasteiger charge is 2.15. The second-order valence-electron chi connectivity index (χ2n) is 7.37. The number of rotatable bonds is 11. The molecule has 170 valence electrons. The molecule has 1 amide bonds. The van der Waals surface area contributed by atoms with Gasteiger partial charge in [0, 0.05) is 17.3 Å². The average Bonchev–Trinajstić information content (AvgIpc) is 2.83. The Morgan fingerprint density at radius 3 is 2.09 bits per heavy atom. The summed E-state index contributed by atoms with van der Waals surface area (Å²) >= 11 is 3.36. The van der Waals surface area contributed by atoms with Gasteiger partial charge in [-0.25, -0.2) is 0 Å². The molecule has 0 bridgehead atoms. The fourth-order valence-corrected chi connectivity index (χ4v) is 3.39. The number of methoxy groups -OCH3 is 1. The van der Waals surface area contributed by atoms with Crippen molar-refractivity contribution in [1.29, 1.82) is 0 Å². The van der Waals surface area contributed by atoms with Crippen molar-refractivity contribution in [3.05, 3.63) is 94.0 Å². The van der Waals surface area contributed by atoms with Gasteiger partial charge in [-0.05, 0) is 47.5 Å². The van der Waals surface area contributed by atoms with E-state index in [0.717, 1.165) is 15.6 Å². The normalized spacial score (nSPS) is 10.4. The van der Waals surface area contributed by atoms with Crippen LogP contribution >= 0.6 is 15.9 Å². The van der Waals surface area contributed by atoms with Gasteiger partial charge in [0.15, 0.2) is 11.6 Å². The molecule has 0 spiro atoms. The number of amides is 1. The minimum atomic E-state index is -0.436. The van der Waals surface area contributed by atoms with E-state index in [2.05, 4.69) is 21.2 Å². The van der Waals surface area contributed by atoms with E-state index in [0.29, 0.717) is 11.5 Å². The lowest BCUT2D eigenvalue weighted by Crippen LogP contribution is -2.30. The Morgan fingerprint density at radius 1 is 0.818 bits per heavy atom. The molecular formula is C26H24BrNO5. The van der Waals surface area contributed by atoms with Crippen LogP contribution in [-0.4, -0.2) is 37.7 Å². The van der Waals surface area contributed by atoms with Gasteiger partial charge in [-0.15, -0.1) is 0 Å². The van der Waals surface area contributed by atoms with Gasteiger partial charge in [0.05, 0.1) is 19.2 Å². The largest absolute Gasteiger partial charge is 0.497 e. The van der Waals surface area contributed by atoms with Crippen molar-refractivity contribution in [3.8, 4) is 11.5 Å². The van der Waals surface area contributed by atoms with Gasteiger partial charge in [0.25, 0.3) is 5.91 Å². The number of nitrogens with one attached hydrogen (secondary N) is 1. The predicted molar refractivity (Wildman–Crippen MR) is 129 cm³/mol. The first-order valence-electron chi connectivity index (χ1n) is 10.4. The van der Waals surface area contributed by atoms with Gasteiger partial charge in [-0.1, -0.05) is 52.3 Å². The maximum absolute atomic E-state index is 12.6. The molecule has 0 radical (unpaired) electrons. The molecule has 1 N–H and O–H groups in total. The zero-order valence-electron chi connectivity index (χ0n) is 18.2. The van der Waals surface area contributed by atoms with E-state index in [1.165, 1.54) is 0 Å². The summed E-state index contributed by atoms with van der Waals surface area (Å²) in [6, 6.07) is 21.3. The molecule has 0 aliphatic rings. The number of benzene rings is 3. The van der Waals surface area contributed by atoms with Crippen molar-refractivity contribution in [2.75, 3.05) is 20.3 Å². The molecule has 0 saturated heterocycles. The third-order valence-corrected chi connectivity index (χ3v) is 5.37. The summed E-state index contributed by atoms with van der Waals surface area (Å²) in [7, 11) is 1.58. The molecule has 6 nitrogen and oxygen atoms in total. The van der Waals surface area contributed by atoms with Crippen LogP contribution in [0.4, 0.5) is 0 Å². The Kier molecular flexibility index (Phi) is 8.78. The maximum atomic E-state index is 12.6. The predicted octanol–water partition coefficient (Wildman–Crippen LogP) is 4.19. The number of ketones is 2. The summed E-state index contributed by atoms with van der Waals surface area (Å²) < 4.78 is 11.7.